The SMILES string of the molecule is Cc1cnc(Cl)nc1NCc1ncn[nH]1. The Morgan fingerprint density at radius 3 is 3.07 bits per heavy atom. The van der Waals surface area contributed by atoms with E-state index >= 15 is 0 Å². The molecule has 0 aliphatic carbocycles. The van der Waals surface area contributed by atoms with Crippen LogP contribution in [0.3, 0.4) is 0 Å². The number of nitrogens with zero attached hydrogens (tertiary/aromatic N) is 4. The maximum absolute atomic E-state index is 5.68. The van der Waals surface area contributed by atoms with Gasteiger partial charge in [-0.3, -0.25) is 5.10 Å². The van der Waals surface area contributed by atoms with E-state index < -0.39 is 0 Å². The van der Waals surface area contributed by atoms with Crippen molar-refractivity contribution < 1.29 is 0 Å². The Hall–Kier alpha value is -1.69. The van der Waals surface area contributed by atoms with Gasteiger partial charge in [0, 0.05) is 11.8 Å². The topological polar surface area (TPSA) is 79.4 Å². The van der Waals surface area contributed by atoms with Crippen LogP contribution < -0.4 is 5.32 Å². The van der Waals surface area contributed by atoms with Gasteiger partial charge in [0.1, 0.15) is 18.0 Å². The van der Waals surface area contributed by atoms with Crippen LogP contribution in [0.15, 0.2) is 12.5 Å². The first kappa shape index (κ1) is 9.85. The lowest BCUT2D eigenvalue weighted by Gasteiger charge is -2.05. The molecule has 2 rings (SSSR count). The van der Waals surface area contributed by atoms with Crippen molar-refractivity contribution in [1.29, 1.82) is 0 Å². The van der Waals surface area contributed by atoms with Gasteiger partial charge >= 0.3 is 0 Å². The van der Waals surface area contributed by atoms with Crippen LogP contribution in [0.5, 0.6) is 0 Å². The predicted molar refractivity (Wildman–Crippen MR) is 55.5 cm³/mol. The zero-order valence-electron chi connectivity index (χ0n) is 8.03. The Bertz CT molecular complexity index is 440. The quantitative estimate of drug-likeness (QED) is 0.765. The number of nitrogens with one attached hydrogen (secondary N) is 2. The summed E-state index contributed by atoms with van der Waals surface area (Å²) < 4.78 is 0. The van der Waals surface area contributed by atoms with Crippen LogP contribution in [-0.2, 0) is 6.54 Å². The minimum Gasteiger partial charge on any atom is -0.362 e. The van der Waals surface area contributed by atoms with Crippen LogP contribution in [-0.4, -0.2) is 25.1 Å². The van der Waals surface area contributed by atoms with Crippen molar-refractivity contribution in [3.8, 4) is 0 Å². The number of hydrogen-bond donors (Lipinski definition) is 2. The number of hydrogen-bond acceptors (Lipinski definition) is 5. The fraction of sp³-hybridized carbons (Fsp3) is 0.250. The molecule has 15 heavy (non-hydrogen) atoms. The van der Waals surface area contributed by atoms with E-state index in [0.29, 0.717) is 12.4 Å². The average Bonchev–Trinajstić information content (AvgIpc) is 2.72. The van der Waals surface area contributed by atoms with Crippen molar-refractivity contribution in [2.24, 2.45) is 0 Å². The van der Waals surface area contributed by atoms with Gasteiger partial charge in [0.05, 0.1) is 6.54 Å². The smallest absolute Gasteiger partial charge is 0.224 e. The van der Waals surface area contributed by atoms with Crippen molar-refractivity contribution in [2.45, 2.75) is 13.5 Å². The highest BCUT2D eigenvalue weighted by atomic mass is 35.5. The van der Waals surface area contributed by atoms with E-state index in [0.717, 1.165) is 11.4 Å². The second-order valence-electron chi connectivity index (χ2n) is 2.96. The Morgan fingerprint density at radius 2 is 2.33 bits per heavy atom. The zero-order chi connectivity index (χ0) is 10.7. The summed E-state index contributed by atoms with van der Waals surface area (Å²) in [6, 6.07) is 0. The van der Waals surface area contributed by atoms with Crippen LogP contribution >= 0.6 is 11.6 Å². The third-order valence-electron chi connectivity index (χ3n) is 1.83. The molecule has 78 valence electrons. The van der Waals surface area contributed by atoms with E-state index in [-0.39, 0.29) is 5.28 Å². The summed E-state index contributed by atoms with van der Waals surface area (Å²) in [4.78, 5) is 11.9. The van der Waals surface area contributed by atoms with Gasteiger partial charge in [-0.2, -0.15) is 5.10 Å². The summed E-state index contributed by atoms with van der Waals surface area (Å²) in [5.41, 5.74) is 0.930. The molecule has 0 saturated carbocycles. The minimum absolute atomic E-state index is 0.223. The van der Waals surface area contributed by atoms with Gasteiger partial charge in [-0.25, -0.2) is 15.0 Å². The number of halogens is 1. The molecule has 6 nitrogen and oxygen atoms in total. The molecular formula is C8H9ClN6. The lowest BCUT2D eigenvalue weighted by Crippen LogP contribution is -2.05. The monoisotopic (exact) mass is 224 g/mol. The molecule has 2 N–H and O–H groups in total. The van der Waals surface area contributed by atoms with Crippen LogP contribution in [0, 0.1) is 6.92 Å². The molecule has 0 bridgehead atoms. The Balaban J connectivity index is 2.07. The van der Waals surface area contributed by atoms with E-state index in [1.165, 1.54) is 6.33 Å². The van der Waals surface area contributed by atoms with Gasteiger partial charge in [0.25, 0.3) is 0 Å². The summed E-state index contributed by atoms with van der Waals surface area (Å²) in [5.74, 6) is 1.44. The lowest BCUT2D eigenvalue weighted by atomic mass is 10.3. The molecule has 2 aromatic heterocycles. The standard InChI is InChI=1S/C8H9ClN6/c1-5-2-11-8(9)14-7(5)10-3-6-12-4-13-15-6/h2,4H,3H2,1H3,(H,10,11,14)(H,12,13,15). The molecule has 0 aliphatic heterocycles. The van der Waals surface area contributed by atoms with Gasteiger partial charge in [-0.15, -0.1) is 0 Å². The Labute approximate surface area is 91.1 Å². The first-order valence-electron chi connectivity index (χ1n) is 4.33. The molecule has 0 aliphatic rings. The van der Waals surface area contributed by atoms with E-state index in [9.17, 15) is 0 Å². The van der Waals surface area contributed by atoms with Gasteiger partial charge in [-0.1, -0.05) is 0 Å². The van der Waals surface area contributed by atoms with Crippen molar-refractivity contribution in [2.75, 3.05) is 5.32 Å². The number of H-pyrrole nitrogens is 1. The highest BCUT2D eigenvalue weighted by Gasteiger charge is 2.02. The van der Waals surface area contributed by atoms with Crippen LogP contribution in [0.2, 0.25) is 5.28 Å². The van der Waals surface area contributed by atoms with E-state index in [1.54, 1.807) is 6.20 Å². The molecule has 7 heteroatoms. The molecule has 0 amide bonds. The van der Waals surface area contributed by atoms with E-state index in [2.05, 4.69) is 30.5 Å². The number of rotatable bonds is 3. The highest BCUT2D eigenvalue weighted by molar-refractivity contribution is 6.28. The molecule has 0 radical (unpaired) electrons. The fourth-order valence-electron chi connectivity index (χ4n) is 1.08. The number of aromatic amines is 1. The van der Waals surface area contributed by atoms with Gasteiger partial charge in [0.2, 0.25) is 5.28 Å². The zero-order valence-corrected chi connectivity index (χ0v) is 8.78. The fourth-order valence-corrected chi connectivity index (χ4v) is 1.22. The Kier molecular flexibility index (Phi) is 2.77. The number of aryl methyl sites for hydroxylation is 1. The van der Waals surface area contributed by atoms with Gasteiger partial charge in [-0.05, 0) is 18.5 Å². The minimum atomic E-state index is 0.223. The normalized spacial score (nSPS) is 10.3. The van der Waals surface area contributed by atoms with Gasteiger partial charge < -0.3 is 5.32 Å². The average molecular weight is 225 g/mol. The highest BCUT2D eigenvalue weighted by Crippen LogP contribution is 2.12. The van der Waals surface area contributed by atoms with Crippen LogP contribution in [0.4, 0.5) is 5.82 Å². The number of anilines is 1. The van der Waals surface area contributed by atoms with Crippen molar-refractivity contribution in [3.05, 3.63) is 29.2 Å². The molecular weight excluding hydrogens is 216 g/mol. The molecule has 0 spiro atoms. The maximum atomic E-state index is 5.68. The molecule has 0 atom stereocenters. The summed E-state index contributed by atoms with van der Waals surface area (Å²) >= 11 is 5.68. The van der Waals surface area contributed by atoms with E-state index in [1.807, 2.05) is 6.92 Å². The first-order valence-corrected chi connectivity index (χ1v) is 4.71. The largest absolute Gasteiger partial charge is 0.362 e. The third-order valence-corrected chi connectivity index (χ3v) is 2.01. The molecule has 0 fully saturated rings. The lowest BCUT2D eigenvalue weighted by molar-refractivity contribution is 0.941. The molecule has 2 heterocycles. The second-order valence-corrected chi connectivity index (χ2v) is 3.29. The Morgan fingerprint density at radius 1 is 1.47 bits per heavy atom. The molecule has 0 unspecified atom stereocenters. The summed E-state index contributed by atoms with van der Waals surface area (Å²) in [5, 5.41) is 9.79. The van der Waals surface area contributed by atoms with Crippen LogP contribution in [0.1, 0.15) is 11.4 Å². The van der Waals surface area contributed by atoms with Crippen molar-refractivity contribution >= 4 is 17.4 Å². The molecule has 0 aromatic carbocycles. The van der Waals surface area contributed by atoms with Gasteiger partial charge in [0.15, 0.2) is 0 Å². The van der Waals surface area contributed by atoms with Crippen molar-refractivity contribution in [1.82, 2.24) is 25.1 Å². The van der Waals surface area contributed by atoms with Crippen molar-refractivity contribution in [3.63, 3.8) is 0 Å². The summed E-state index contributed by atoms with van der Waals surface area (Å²) in [7, 11) is 0. The second kappa shape index (κ2) is 4.22. The molecule has 2 aromatic rings. The summed E-state index contributed by atoms with van der Waals surface area (Å²) in [6.45, 7) is 2.42. The maximum Gasteiger partial charge on any atom is 0.224 e. The summed E-state index contributed by atoms with van der Waals surface area (Å²) in [6.07, 6.45) is 3.12. The van der Waals surface area contributed by atoms with E-state index in [4.69, 9.17) is 11.6 Å². The first-order chi connectivity index (χ1) is 7.25. The predicted octanol–water partition coefficient (Wildman–Crippen LogP) is 1.17. The van der Waals surface area contributed by atoms with Crippen LogP contribution in [0.25, 0.3) is 0 Å². The number of aromatic nitrogens is 5. The third kappa shape index (κ3) is 2.41. The molecule has 0 saturated heterocycles.